The number of hydrogen-bond acceptors (Lipinski definition) is 2. The standard InChI is InChI=1S/C10H19NO2/c1-8(7-12)10-5-3-4-6-11(10)9(2)13/h8,10,12H,3-7H2,1-2H3. The average molecular weight is 185 g/mol. The molecule has 0 aromatic rings. The predicted octanol–water partition coefficient (Wildman–Crippen LogP) is 1.02. The monoisotopic (exact) mass is 185 g/mol. The van der Waals surface area contributed by atoms with Gasteiger partial charge in [-0.15, -0.1) is 0 Å². The molecule has 2 atom stereocenters. The molecule has 0 aromatic heterocycles. The number of nitrogens with zero attached hydrogens (tertiary/aromatic N) is 1. The minimum atomic E-state index is 0.144. The van der Waals surface area contributed by atoms with Crippen molar-refractivity contribution in [3.05, 3.63) is 0 Å². The van der Waals surface area contributed by atoms with Crippen molar-refractivity contribution in [2.24, 2.45) is 5.92 Å². The van der Waals surface area contributed by atoms with Crippen LogP contribution in [0.15, 0.2) is 0 Å². The van der Waals surface area contributed by atoms with Gasteiger partial charge in [0.25, 0.3) is 0 Å². The van der Waals surface area contributed by atoms with E-state index in [4.69, 9.17) is 5.11 Å². The number of carbonyl (C=O) groups excluding carboxylic acids is 1. The summed E-state index contributed by atoms with van der Waals surface area (Å²) < 4.78 is 0. The third kappa shape index (κ3) is 2.44. The number of amides is 1. The summed E-state index contributed by atoms with van der Waals surface area (Å²) in [6.45, 7) is 4.66. The van der Waals surface area contributed by atoms with Crippen LogP contribution in [0.5, 0.6) is 0 Å². The molecule has 1 fully saturated rings. The maximum Gasteiger partial charge on any atom is 0.219 e. The molecule has 1 aliphatic rings. The van der Waals surface area contributed by atoms with Crippen molar-refractivity contribution in [1.29, 1.82) is 0 Å². The van der Waals surface area contributed by atoms with Crippen LogP contribution in [0.4, 0.5) is 0 Å². The Morgan fingerprint density at radius 1 is 1.62 bits per heavy atom. The summed E-state index contributed by atoms with van der Waals surface area (Å²) in [4.78, 5) is 13.2. The SMILES string of the molecule is CC(=O)N1CCCCC1C(C)CO. The molecule has 3 nitrogen and oxygen atoms in total. The van der Waals surface area contributed by atoms with Crippen LogP contribution in [0.1, 0.15) is 33.1 Å². The van der Waals surface area contributed by atoms with Crippen molar-refractivity contribution < 1.29 is 9.90 Å². The van der Waals surface area contributed by atoms with Gasteiger partial charge in [0, 0.05) is 26.1 Å². The van der Waals surface area contributed by atoms with Crippen LogP contribution in [-0.2, 0) is 4.79 Å². The molecule has 1 amide bonds. The normalized spacial score (nSPS) is 25.8. The van der Waals surface area contributed by atoms with Crippen molar-refractivity contribution in [2.45, 2.75) is 39.2 Å². The molecule has 1 saturated heterocycles. The van der Waals surface area contributed by atoms with Crippen LogP contribution in [0.3, 0.4) is 0 Å². The van der Waals surface area contributed by atoms with Crippen molar-refractivity contribution >= 4 is 5.91 Å². The Balaban J connectivity index is 2.61. The number of hydrogen-bond donors (Lipinski definition) is 1. The van der Waals surface area contributed by atoms with Gasteiger partial charge in [-0.25, -0.2) is 0 Å². The van der Waals surface area contributed by atoms with Crippen LogP contribution in [0, 0.1) is 5.92 Å². The quantitative estimate of drug-likeness (QED) is 0.697. The molecule has 0 bridgehead atoms. The number of piperidine rings is 1. The molecule has 3 heteroatoms. The molecule has 1 rings (SSSR count). The Bertz CT molecular complexity index is 182. The van der Waals surface area contributed by atoms with Gasteiger partial charge in [-0.2, -0.15) is 0 Å². The highest BCUT2D eigenvalue weighted by Gasteiger charge is 2.28. The van der Waals surface area contributed by atoms with Gasteiger partial charge in [-0.05, 0) is 25.2 Å². The van der Waals surface area contributed by atoms with E-state index in [0.717, 1.165) is 19.4 Å². The topological polar surface area (TPSA) is 40.5 Å². The van der Waals surface area contributed by atoms with E-state index in [2.05, 4.69) is 0 Å². The van der Waals surface area contributed by atoms with Crippen molar-refractivity contribution in [2.75, 3.05) is 13.2 Å². The summed E-state index contributed by atoms with van der Waals surface area (Å²) >= 11 is 0. The van der Waals surface area contributed by atoms with Crippen molar-refractivity contribution in [3.63, 3.8) is 0 Å². The molecule has 1 aliphatic heterocycles. The zero-order chi connectivity index (χ0) is 9.84. The van der Waals surface area contributed by atoms with E-state index in [0.29, 0.717) is 0 Å². The van der Waals surface area contributed by atoms with E-state index >= 15 is 0 Å². The van der Waals surface area contributed by atoms with Crippen LogP contribution in [0.25, 0.3) is 0 Å². The molecule has 0 saturated carbocycles. The summed E-state index contributed by atoms with van der Waals surface area (Å²) in [5.74, 6) is 0.356. The second kappa shape index (κ2) is 4.61. The molecule has 1 heterocycles. The van der Waals surface area contributed by atoms with E-state index in [-0.39, 0.29) is 24.5 Å². The van der Waals surface area contributed by atoms with E-state index in [1.54, 1.807) is 6.92 Å². The Morgan fingerprint density at radius 2 is 2.31 bits per heavy atom. The Kier molecular flexibility index (Phi) is 3.72. The zero-order valence-electron chi connectivity index (χ0n) is 8.49. The fraction of sp³-hybridized carbons (Fsp3) is 0.900. The lowest BCUT2D eigenvalue weighted by Crippen LogP contribution is -2.46. The summed E-state index contributed by atoms with van der Waals surface area (Å²) in [6.07, 6.45) is 3.33. The zero-order valence-corrected chi connectivity index (χ0v) is 8.49. The molecule has 0 spiro atoms. The highest BCUT2D eigenvalue weighted by atomic mass is 16.3. The number of aliphatic hydroxyl groups excluding tert-OH is 1. The van der Waals surface area contributed by atoms with Gasteiger partial charge in [0.1, 0.15) is 0 Å². The van der Waals surface area contributed by atoms with Crippen molar-refractivity contribution in [1.82, 2.24) is 4.90 Å². The molecule has 0 radical (unpaired) electrons. The van der Waals surface area contributed by atoms with Gasteiger partial charge in [0.2, 0.25) is 5.91 Å². The van der Waals surface area contributed by atoms with Crippen LogP contribution in [-0.4, -0.2) is 35.1 Å². The number of likely N-dealkylation sites (tertiary alicyclic amines) is 1. The first kappa shape index (κ1) is 10.5. The summed E-state index contributed by atoms with van der Waals surface area (Å²) in [5.41, 5.74) is 0. The molecule has 13 heavy (non-hydrogen) atoms. The summed E-state index contributed by atoms with van der Waals surface area (Å²) in [6, 6.07) is 0.260. The highest BCUT2D eigenvalue weighted by Crippen LogP contribution is 2.22. The van der Waals surface area contributed by atoms with Crippen LogP contribution < -0.4 is 0 Å². The van der Waals surface area contributed by atoms with E-state index < -0.39 is 0 Å². The summed E-state index contributed by atoms with van der Waals surface area (Å²) in [5, 5.41) is 9.05. The molecular weight excluding hydrogens is 166 g/mol. The lowest BCUT2D eigenvalue weighted by atomic mass is 9.92. The van der Waals surface area contributed by atoms with Crippen molar-refractivity contribution in [3.8, 4) is 0 Å². The van der Waals surface area contributed by atoms with E-state index in [1.807, 2.05) is 11.8 Å². The lowest BCUT2D eigenvalue weighted by molar-refractivity contribution is -0.134. The molecular formula is C10H19NO2. The number of carbonyl (C=O) groups is 1. The molecule has 76 valence electrons. The molecule has 0 aromatic carbocycles. The number of aliphatic hydroxyl groups is 1. The highest BCUT2D eigenvalue weighted by molar-refractivity contribution is 5.73. The minimum Gasteiger partial charge on any atom is -0.396 e. The third-order valence-electron chi connectivity index (χ3n) is 2.90. The molecule has 0 aliphatic carbocycles. The maximum atomic E-state index is 11.3. The fourth-order valence-electron chi connectivity index (χ4n) is 2.06. The lowest BCUT2D eigenvalue weighted by Gasteiger charge is -2.38. The van der Waals surface area contributed by atoms with Crippen LogP contribution >= 0.6 is 0 Å². The second-order valence-corrected chi connectivity index (χ2v) is 3.94. The van der Waals surface area contributed by atoms with Gasteiger partial charge in [-0.1, -0.05) is 6.92 Å². The molecule has 2 unspecified atom stereocenters. The van der Waals surface area contributed by atoms with Crippen LogP contribution in [0.2, 0.25) is 0 Å². The average Bonchev–Trinajstić information content (AvgIpc) is 2.16. The second-order valence-electron chi connectivity index (χ2n) is 3.94. The Hall–Kier alpha value is -0.570. The first-order valence-corrected chi connectivity index (χ1v) is 5.05. The third-order valence-corrected chi connectivity index (χ3v) is 2.90. The van der Waals surface area contributed by atoms with Gasteiger partial charge >= 0.3 is 0 Å². The smallest absolute Gasteiger partial charge is 0.219 e. The fourth-order valence-corrected chi connectivity index (χ4v) is 2.06. The first-order valence-electron chi connectivity index (χ1n) is 5.05. The predicted molar refractivity (Wildman–Crippen MR) is 51.3 cm³/mol. The first-order chi connectivity index (χ1) is 6.16. The largest absolute Gasteiger partial charge is 0.396 e. The number of rotatable bonds is 2. The van der Waals surface area contributed by atoms with Gasteiger partial charge in [0.15, 0.2) is 0 Å². The summed E-state index contributed by atoms with van der Waals surface area (Å²) in [7, 11) is 0. The van der Waals surface area contributed by atoms with Gasteiger partial charge in [-0.3, -0.25) is 4.79 Å². The Labute approximate surface area is 79.7 Å². The van der Waals surface area contributed by atoms with E-state index in [1.165, 1.54) is 6.42 Å². The van der Waals surface area contributed by atoms with Gasteiger partial charge in [0.05, 0.1) is 0 Å². The van der Waals surface area contributed by atoms with Gasteiger partial charge < -0.3 is 10.0 Å². The maximum absolute atomic E-state index is 11.3. The minimum absolute atomic E-state index is 0.144. The molecule has 1 N–H and O–H groups in total. The van der Waals surface area contributed by atoms with E-state index in [9.17, 15) is 4.79 Å². The Morgan fingerprint density at radius 3 is 2.85 bits per heavy atom.